The van der Waals surface area contributed by atoms with E-state index < -0.39 is 0 Å². The first-order valence-corrected chi connectivity index (χ1v) is 13.9. The van der Waals surface area contributed by atoms with Gasteiger partial charge in [-0.05, 0) is 88.6 Å². The molecule has 0 bridgehead atoms. The predicted octanol–water partition coefficient (Wildman–Crippen LogP) is 11.3. The Morgan fingerprint density at radius 2 is 0.475 bits per heavy atom. The van der Waals surface area contributed by atoms with Gasteiger partial charge in [0, 0.05) is 0 Å². The van der Waals surface area contributed by atoms with E-state index in [0.29, 0.717) is 0 Å². The third-order valence-corrected chi connectivity index (χ3v) is 8.22. The molecule has 0 heterocycles. The van der Waals surface area contributed by atoms with Gasteiger partial charge >= 0.3 is 0 Å². The molecule has 0 fully saturated rings. The number of fused-ring (bicyclic) bond motifs is 4. The number of hydrogen-bond donors (Lipinski definition) is 0. The molecular formula is C40H26. The van der Waals surface area contributed by atoms with Crippen molar-refractivity contribution < 1.29 is 0 Å². The van der Waals surface area contributed by atoms with Crippen molar-refractivity contribution in [3.63, 3.8) is 0 Å². The summed E-state index contributed by atoms with van der Waals surface area (Å²) in [7, 11) is 0. The monoisotopic (exact) mass is 506 g/mol. The smallest absolute Gasteiger partial charge is 0.00268 e. The second kappa shape index (κ2) is 9.22. The van der Waals surface area contributed by atoms with Crippen LogP contribution in [0.15, 0.2) is 158 Å². The van der Waals surface area contributed by atoms with Crippen LogP contribution in [0.5, 0.6) is 0 Å². The van der Waals surface area contributed by atoms with E-state index in [1.165, 1.54) is 76.5 Å². The Labute approximate surface area is 233 Å². The molecule has 8 rings (SSSR count). The topological polar surface area (TPSA) is 0 Å². The Morgan fingerprint density at radius 1 is 0.225 bits per heavy atom. The maximum atomic E-state index is 2.29. The number of hydrogen-bond acceptors (Lipinski definition) is 0. The lowest BCUT2D eigenvalue weighted by Crippen LogP contribution is -1.87. The lowest BCUT2D eigenvalue weighted by Gasteiger charge is -2.14. The average molecular weight is 507 g/mol. The minimum absolute atomic E-state index is 1.22. The van der Waals surface area contributed by atoms with Gasteiger partial charge in [0.2, 0.25) is 0 Å². The van der Waals surface area contributed by atoms with E-state index in [1.807, 2.05) is 0 Å². The zero-order chi connectivity index (χ0) is 26.5. The van der Waals surface area contributed by atoms with Crippen molar-refractivity contribution in [1.82, 2.24) is 0 Å². The summed E-state index contributed by atoms with van der Waals surface area (Å²) in [6.07, 6.45) is 0. The zero-order valence-electron chi connectivity index (χ0n) is 22.0. The first-order valence-electron chi connectivity index (χ1n) is 13.9. The Bertz CT molecular complexity index is 1910. The summed E-state index contributed by atoms with van der Waals surface area (Å²) in [6, 6.07) is 57.5. The molecule has 40 heavy (non-hydrogen) atoms. The highest BCUT2D eigenvalue weighted by atomic mass is 14.2. The molecule has 0 unspecified atom stereocenters. The lowest BCUT2D eigenvalue weighted by molar-refractivity contribution is 1.60. The minimum atomic E-state index is 1.22. The average Bonchev–Trinajstić information content (AvgIpc) is 3.03. The van der Waals surface area contributed by atoms with Crippen molar-refractivity contribution >= 4 is 43.1 Å². The fourth-order valence-corrected chi connectivity index (χ4v) is 6.31. The standard InChI is InChI=1S/C40H26/c1-5-13-35-31(9-1)25-32-10-2-6-14-36(32)39(35)29-21-17-27(18-22-29)28-19-23-30(24-20-28)40-37-15-7-3-11-33(37)26-34-12-4-8-16-38(34)40/h1-26H. The normalized spacial score (nSPS) is 11.5. The lowest BCUT2D eigenvalue weighted by atomic mass is 9.90. The van der Waals surface area contributed by atoms with E-state index in [4.69, 9.17) is 0 Å². The summed E-state index contributed by atoms with van der Waals surface area (Å²) in [5.41, 5.74) is 7.55. The van der Waals surface area contributed by atoms with Crippen LogP contribution in [0.3, 0.4) is 0 Å². The van der Waals surface area contributed by atoms with E-state index in [1.54, 1.807) is 0 Å². The second-order valence-electron chi connectivity index (χ2n) is 10.5. The summed E-state index contributed by atoms with van der Waals surface area (Å²) < 4.78 is 0. The van der Waals surface area contributed by atoms with E-state index in [2.05, 4.69) is 158 Å². The highest BCUT2D eigenvalue weighted by Gasteiger charge is 2.12. The van der Waals surface area contributed by atoms with E-state index in [0.717, 1.165) is 0 Å². The molecular weight excluding hydrogens is 480 g/mol. The summed E-state index contributed by atoms with van der Waals surface area (Å²) in [6.45, 7) is 0. The highest BCUT2D eigenvalue weighted by molar-refractivity contribution is 6.14. The van der Waals surface area contributed by atoms with E-state index in [9.17, 15) is 0 Å². The summed E-state index contributed by atoms with van der Waals surface area (Å²) in [4.78, 5) is 0. The fourth-order valence-electron chi connectivity index (χ4n) is 6.31. The molecule has 0 saturated carbocycles. The minimum Gasteiger partial charge on any atom is -0.0616 e. The van der Waals surface area contributed by atoms with Crippen molar-refractivity contribution in [2.24, 2.45) is 0 Å². The molecule has 0 radical (unpaired) electrons. The van der Waals surface area contributed by atoms with Crippen molar-refractivity contribution in [3.8, 4) is 33.4 Å². The van der Waals surface area contributed by atoms with Gasteiger partial charge in [-0.25, -0.2) is 0 Å². The molecule has 0 aliphatic rings. The van der Waals surface area contributed by atoms with Gasteiger partial charge in [-0.1, -0.05) is 146 Å². The third kappa shape index (κ3) is 3.69. The summed E-state index contributed by atoms with van der Waals surface area (Å²) in [5, 5.41) is 10.3. The molecule has 8 aromatic rings. The molecule has 0 saturated heterocycles. The Kier molecular flexibility index (Phi) is 5.24. The van der Waals surface area contributed by atoms with Crippen molar-refractivity contribution in [2.45, 2.75) is 0 Å². The number of benzene rings is 8. The van der Waals surface area contributed by atoms with Crippen LogP contribution in [-0.4, -0.2) is 0 Å². The number of rotatable bonds is 3. The molecule has 0 spiro atoms. The van der Waals surface area contributed by atoms with Gasteiger partial charge in [0.15, 0.2) is 0 Å². The molecule has 186 valence electrons. The van der Waals surface area contributed by atoms with Crippen LogP contribution in [0.25, 0.3) is 76.5 Å². The Morgan fingerprint density at radius 3 is 0.775 bits per heavy atom. The van der Waals surface area contributed by atoms with Gasteiger partial charge in [-0.2, -0.15) is 0 Å². The largest absolute Gasteiger partial charge is 0.0616 e. The van der Waals surface area contributed by atoms with E-state index in [-0.39, 0.29) is 0 Å². The van der Waals surface area contributed by atoms with Gasteiger partial charge in [-0.15, -0.1) is 0 Å². The van der Waals surface area contributed by atoms with Gasteiger partial charge in [0.1, 0.15) is 0 Å². The Balaban J connectivity index is 1.21. The van der Waals surface area contributed by atoms with Gasteiger partial charge in [0.25, 0.3) is 0 Å². The van der Waals surface area contributed by atoms with Crippen molar-refractivity contribution in [3.05, 3.63) is 158 Å². The molecule has 0 aliphatic carbocycles. The van der Waals surface area contributed by atoms with Gasteiger partial charge < -0.3 is 0 Å². The quantitative estimate of drug-likeness (QED) is 0.209. The maximum Gasteiger partial charge on any atom is -0.00268 e. The molecule has 0 nitrogen and oxygen atoms in total. The molecule has 0 atom stereocenters. The maximum absolute atomic E-state index is 2.29. The molecule has 0 aromatic heterocycles. The summed E-state index contributed by atoms with van der Waals surface area (Å²) in [5.74, 6) is 0. The van der Waals surface area contributed by atoms with Crippen LogP contribution in [0.4, 0.5) is 0 Å². The first kappa shape index (κ1) is 22.8. The SMILES string of the molecule is c1ccc2c(-c3ccc(-c4ccc(-c5c6ccccc6cc6ccccc56)cc4)cc3)c3ccccc3cc2c1. The third-order valence-electron chi connectivity index (χ3n) is 8.22. The molecule has 0 amide bonds. The Hall–Kier alpha value is -5.20. The predicted molar refractivity (Wildman–Crippen MR) is 173 cm³/mol. The van der Waals surface area contributed by atoms with Crippen LogP contribution in [0.2, 0.25) is 0 Å². The van der Waals surface area contributed by atoms with Crippen molar-refractivity contribution in [2.75, 3.05) is 0 Å². The van der Waals surface area contributed by atoms with Crippen LogP contribution in [0.1, 0.15) is 0 Å². The zero-order valence-corrected chi connectivity index (χ0v) is 22.0. The van der Waals surface area contributed by atoms with Crippen LogP contribution < -0.4 is 0 Å². The molecule has 0 aliphatic heterocycles. The van der Waals surface area contributed by atoms with Crippen molar-refractivity contribution in [1.29, 1.82) is 0 Å². The van der Waals surface area contributed by atoms with Crippen LogP contribution in [0, 0.1) is 0 Å². The second-order valence-corrected chi connectivity index (χ2v) is 10.5. The fraction of sp³-hybridized carbons (Fsp3) is 0. The van der Waals surface area contributed by atoms with E-state index >= 15 is 0 Å². The molecule has 0 N–H and O–H groups in total. The highest BCUT2D eigenvalue weighted by Crippen LogP contribution is 2.39. The molecule has 8 aromatic carbocycles. The molecule has 0 heteroatoms. The van der Waals surface area contributed by atoms with Gasteiger partial charge in [0.05, 0.1) is 0 Å². The van der Waals surface area contributed by atoms with Crippen LogP contribution >= 0.6 is 0 Å². The first-order chi connectivity index (χ1) is 19.8. The van der Waals surface area contributed by atoms with Gasteiger partial charge in [-0.3, -0.25) is 0 Å². The van der Waals surface area contributed by atoms with Crippen LogP contribution in [-0.2, 0) is 0 Å². The summed E-state index contributed by atoms with van der Waals surface area (Å²) >= 11 is 0.